The average Bonchev–Trinajstić information content (AvgIpc) is 1.93. The Kier molecular flexibility index (Phi) is 4.62. The highest BCUT2D eigenvalue weighted by Crippen LogP contribution is 2.10. The largest absolute Gasteiger partial charge is 0.392 e. The summed E-state index contributed by atoms with van der Waals surface area (Å²) in [6.45, 7) is 5.11. The van der Waals surface area contributed by atoms with Gasteiger partial charge in [-0.2, -0.15) is 0 Å². The summed E-state index contributed by atoms with van der Waals surface area (Å²) in [4.78, 5) is 2.39. The van der Waals surface area contributed by atoms with Gasteiger partial charge >= 0.3 is 0 Å². The van der Waals surface area contributed by atoms with Crippen LogP contribution in [-0.2, 0) is 0 Å². The lowest BCUT2D eigenvalue weighted by atomic mass is 10.1. The van der Waals surface area contributed by atoms with Crippen molar-refractivity contribution in [1.82, 2.24) is 4.90 Å². The topological polar surface area (TPSA) is 23.5 Å². The first kappa shape index (κ1) is 10.0. The molecule has 0 aliphatic carbocycles. The van der Waals surface area contributed by atoms with E-state index in [1.54, 1.807) is 0 Å². The minimum Gasteiger partial charge on any atom is -0.392 e. The van der Waals surface area contributed by atoms with Gasteiger partial charge in [0, 0.05) is 6.54 Å². The molecule has 0 radical (unpaired) electrons. The van der Waals surface area contributed by atoms with Gasteiger partial charge in [0.05, 0.1) is 6.10 Å². The van der Waals surface area contributed by atoms with E-state index in [0.717, 1.165) is 6.54 Å². The van der Waals surface area contributed by atoms with E-state index in [1.807, 2.05) is 6.92 Å². The maximum absolute atomic E-state index is 9.23. The first-order valence-electron chi connectivity index (χ1n) is 5.19. The molecule has 0 saturated carbocycles. The monoisotopic (exact) mass is 171 g/mol. The Morgan fingerprint density at radius 2 is 1.58 bits per heavy atom. The standard InChI is InChI=1S/C10H21NO/c1-10(12)9-11-7-5-3-2-4-6-8-11/h10,12H,2-9H2,1H3. The number of hydrogen-bond donors (Lipinski definition) is 1. The summed E-state index contributed by atoms with van der Waals surface area (Å²) >= 11 is 0. The molecule has 1 aliphatic rings. The fourth-order valence-electron chi connectivity index (χ4n) is 1.87. The van der Waals surface area contributed by atoms with E-state index in [4.69, 9.17) is 0 Å². The minimum absolute atomic E-state index is 0.163. The molecular formula is C10H21NO. The van der Waals surface area contributed by atoms with Gasteiger partial charge in [0.15, 0.2) is 0 Å². The molecule has 0 aromatic rings. The van der Waals surface area contributed by atoms with Crippen molar-refractivity contribution in [2.45, 2.75) is 45.1 Å². The molecule has 0 aromatic heterocycles. The van der Waals surface area contributed by atoms with E-state index in [2.05, 4.69) is 4.90 Å². The Bertz CT molecular complexity index is 106. The van der Waals surface area contributed by atoms with Crippen molar-refractivity contribution in [2.24, 2.45) is 0 Å². The molecule has 0 amide bonds. The van der Waals surface area contributed by atoms with Gasteiger partial charge < -0.3 is 10.0 Å². The Hall–Kier alpha value is -0.0800. The second kappa shape index (κ2) is 5.55. The van der Waals surface area contributed by atoms with Gasteiger partial charge in [-0.1, -0.05) is 19.3 Å². The molecule has 1 N–H and O–H groups in total. The van der Waals surface area contributed by atoms with Gasteiger partial charge in [-0.25, -0.2) is 0 Å². The quantitative estimate of drug-likeness (QED) is 0.682. The molecule has 1 atom stereocenters. The third kappa shape index (κ3) is 4.07. The molecule has 1 rings (SSSR count). The molecule has 1 aliphatic heterocycles. The van der Waals surface area contributed by atoms with Crippen LogP contribution in [0.3, 0.4) is 0 Å². The Labute approximate surface area is 75.6 Å². The molecule has 72 valence electrons. The first-order valence-corrected chi connectivity index (χ1v) is 5.19. The summed E-state index contributed by atoms with van der Waals surface area (Å²) in [5, 5.41) is 9.23. The molecule has 12 heavy (non-hydrogen) atoms. The van der Waals surface area contributed by atoms with Crippen LogP contribution < -0.4 is 0 Å². The van der Waals surface area contributed by atoms with E-state index in [-0.39, 0.29) is 6.10 Å². The molecule has 2 nitrogen and oxygen atoms in total. The van der Waals surface area contributed by atoms with Gasteiger partial charge in [-0.3, -0.25) is 0 Å². The Morgan fingerprint density at radius 3 is 2.08 bits per heavy atom. The van der Waals surface area contributed by atoms with Crippen LogP contribution in [0.2, 0.25) is 0 Å². The second-order valence-electron chi connectivity index (χ2n) is 3.92. The summed E-state index contributed by atoms with van der Waals surface area (Å²) in [5.41, 5.74) is 0. The number of nitrogens with zero attached hydrogens (tertiary/aromatic N) is 1. The Morgan fingerprint density at radius 1 is 1.08 bits per heavy atom. The van der Waals surface area contributed by atoms with Gasteiger partial charge in [-0.05, 0) is 32.9 Å². The zero-order valence-electron chi connectivity index (χ0n) is 8.13. The predicted octanol–water partition coefficient (Wildman–Crippen LogP) is 1.63. The van der Waals surface area contributed by atoms with Crippen molar-refractivity contribution < 1.29 is 5.11 Å². The number of aliphatic hydroxyl groups excluding tert-OH is 1. The highest BCUT2D eigenvalue weighted by molar-refractivity contribution is 4.64. The molecule has 1 saturated heterocycles. The van der Waals surface area contributed by atoms with E-state index >= 15 is 0 Å². The summed E-state index contributed by atoms with van der Waals surface area (Å²) in [6, 6.07) is 0. The number of β-amino-alcohol motifs (C(OH)–C–C–N with tert-alkyl or cyclic N) is 1. The van der Waals surface area contributed by atoms with Crippen LogP contribution in [0, 0.1) is 0 Å². The van der Waals surface area contributed by atoms with Crippen LogP contribution >= 0.6 is 0 Å². The maximum atomic E-state index is 9.23. The Balaban J connectivity index is 2.20. The lowest BCUT2D eigenvalue weighted by Gasteiger charge is -2.25. The number of rotatable bonds is 2. The maximum Gasteiger partial charge on any atom is 0.0639 e. The summed E-state index contributed by atoms with van der Waals surface area (Å²) < 4.78 is 0. The highest BCUT2D eigenvalue weighted by Gasteiger charge is 2.09. The average molecular weight is 171 g/mol. The lowest BCUT2D eigenvalue weighted by molar-refractivity contribution is 0.121. The fraction of sp³-hybridized carbons (Fsp3) is 1.00. The van der Waals surface area contributed by atoms with Crippen LogP contribution in [0.5, 0.6) is 0 Å². The molecule has 0 spiro atoms. The second-order valence-corrected chi connectivity index (χ2v) is 3.92. The SMILES string of the molecule is CC(O)CN1CCCCCCC1. The van der Waals surface area contributed by atoms with Crippen LogP contribution in [0.4, 0.5) is 0 Å². The van der Waals surface area contributed by atoms with Crippen LogP contribution in [-0.4, -0.2) is 35.7 Å². The van der Waals surface area contributed by atoms with E-state index in [9.17, 15) is 5.11 Å². The van der Waals surface area contributed by atoms with Gasteiger partial charge in [0.1, 0.15) is 0 Å². The zero-order valence-corrected chi connectivity index (χ0v) is 8.13. The molecule has 0 bridgehead atoms. The first-order chi connectivity index (χ1) is 5.79. The molecule has 1 heterocycles. The third-order valence-electron chi connectivity index (χ3n) is 2.47. The minimum atomic E-state index is -0.163. The number of likely N-dealkylation sites (tertiary alicyclic amines) is 1. The molecule has 1 unspecified atom stereocenters. The van der Waals surface area contributed by atoms with Crippen molar-refractivity contribution >= 4 is 0 Å². The highest BCUT2D eigenvalue weighted by atomic mass is 16.3. The van der Waals surface area contributed by atoms with Crippen LogP contribution in [0.25, 0.3) is 0 Å². The number of hydrogen-bond acceptors (Lipinski definition) is 2. The van der Waals surface area contributed by atoms with Crippen LogP contribution in [0.1, 0.15) is 39.0 Å². The summed E-state index contributed by atoms with van der Waals surface area (Å²) in [6.07, 6.45) is 6.61. The summed E-state index contributed by atoms with van der Waals surface area (Å²) in [7, 11) is 0. The molecular weight excluding hydrogens is 150 g/mol. The smallest absolute Gasteiger partial charge is 0.0639 e. The van der Waals surface area contributed by atoms with Crippen molar-refractivity contribution in [1.29, 1.82) is 0 Å². The molecule has 0 aromatic carbocycles. The van der Waals surface area contributed by atoms with Crippen molar-refractivity contribution in [3.63, 3.8) is 0 Å². The van der Waals surface area contributed by atoms with Gasteiger partial charge in [-0.15, -0.1) is 0 Å². The van der Waals surface area contributed by atoms with Crippen LogP contribution in [0.15, 0.2) is 0 Å². The van der Waals surface area contributed by atoms with Crippen molar-refractivity contribution in [3.05, 3.63) is 0 Å². The van der Waals surface area contributed by atoms with Crippen molar-refractivity contribution in [3.8, 4) is 0 Å². The van der Waals surface area contributed by atoms with E-state index < -0.39 is 0 Å². The lowest BCUT2D eigenvalue weighted by Crippen LogP contribution is -2.33. The van der Waals surface area contributed by atoms with E-state index in [0.29, 0.717) is 0 Å². The number of aliphatic hydroxyl groups is 1. The summed E-state index contributed by atoms with van der Waals surface area (Å²) in [5.74, 6) is 0. The third-order valence-corrected chi connectivity index (χ3v) is 2.47. The fourth-order valence-corrected chi connectivity index (χ4v) is 1.87. The molecule has 2 heteroatoms. The van der Waals surface area contributed by atoms with Gasteiger partial charge in [0.25, 0.3) is 0 Å². The normalized spacial score (nSPS) is 24.5. The molecule has 1 fully saturated rings. The predicted molar refractivity (Wildman–Crippen MR) is 51.2 cm³/mol. The van der Waals surface area contributed by atoms with Gasteiger partial charge in [0.2, 0.25) is 0 Å². The van der Waals surface area contributed by atoms with Crippen molar-refractivity contribution in [2.75, 3.05) is 19.6 Å². The zero-order chi connectivity index (χ0) is 8.81. The van der Waals surface area contributed by atoms with E-state index in [1.165, 1.54) is 45.2 Å².